The fourth-order valence-electron chi connectivity index (χ4n) is 4.26. The molecule has 0 N–H and O–H groups in total. The SMILES string of the molecule is C[C@H]([C@H](c1ccccc1)c1ccccc1F)[C@H]1CCCN1C(=O)OC(C)(C)C. The third-order valence-corrected chi connectivity index (χ3v) is 5.46. The Bertz CT molecular complexity index is 800. The van der Waals surface area contributed by atoms with Gasteiger partial charge in [0, 0.05) is 18.5 Å². The standard InChI is InChI=1S/C24H30FNO2/c1-17(21-15-10-16-26(21)23(27)28-24(2,3)4)22(18-11-6-5-7-12-18)19-13-8-9-14-20(19)25/h5-9,11-14,17,21-22H,10,15-16H2,1-4H3/t17-,21+,22+/m0/s1. The molecule has 3 atom stereocenters. The van der Waals surface area contributed by atoms with Crippen molar-refractivity contribution in [2.24, 2.45) is 5.92 Å². The van der Waals surface area contributed by atoms with E-state index < -0.39 is 5.60 Å². The Hall–Kier alpha value is -2.36. The fraction of sp³-hybridized carbons (Fsp3) is 0.458. The van der Waals surface area contributed by atoms with Crippen LogP contribution < -0.4 is 0 Å². The molecule has 3 rings (SSSR count). The molecule has 150 valence electrons. The maximum Gasteiger partial charge on any atom is 0.410 e. The van der Waals surface area contributed by atoms with E-state index in [0.717, 1.165) is 18.4 Å². The molecule has 0 aromatic heterocycles. The van der Waals surface area contributed by atoms with Crippen LogP contribution in [0.4, 0.5) is 9.18 Å². The average Bonchev–Trinajstić information content (AvgIpc) is 3.13. The Morgan fingerprint density at radius 3 is 2.39 bits per heavy atom. The van der Waals surface area contributed by atoms with Gasteiger partial charge in [0.2, 0.25) is 0 Å². The molecule has 1 saturated heterocycles. The molecule has 2 aromatic rings. The highest BCUT2D eigenvalue weighted by atomic mass is 19.1. The first-order valence-corrected chi connectivity index (χ1v) is 10.1. The number of likely N-dealkylation sites (tertiary alicyclic amines) is 1. The molecule has 0 saturated carbocycles. The zero-order valence-corrected chi connectivity index (χ0v) is 17.2. The van der Waals surface area contributed by atoms with Gasteiger partial charge in [-0.3, -0.25) is 0 Å². The highest BCUT2D eigenvalue weighted by Gasteiger charge is 2.39. The largest absolute Gasteiger partial charge is 0.444 e. The van der Waals surface area contributed by atoms with Crippen molar-refractivity contribution >= 4 is 6.09 Å². The van der Waals surface area contributed by atoms with Gasteiger partial charge in [-0.2, -0.15) is 0 Å². The zero-order chi connectivity index (χ0) is 20.3. The molecule has 0 spiro atoms. The fourth-order valence-corrected chi connectivity index (χ4v) is 4.26. The number of ether oxygens (including phenoxy) is 1. The van der Waals surface area contributed by atoms with E-state index >= 15 is 0 Å². The third-order valence-electron chi connectivity index (χ3n) is 5.46. The van der Waals surface area contributed by atoms with Crippen LogP contribution in [0.1, 0.15) is 57.6 Å². The number of carbonyl (C=O) groups is 1. The number of halogens is 1. The number of benzene rings is 2. The van der Waals surface area contributed by atoms with Crippen molar-refractivity contribution < 1.29 is 13.9 Å². The molecule has 28 heavy (non-hydrogen) atoms. The van der Waals surface area contributed by atoms with Gasteiger partial charge in [0.1, 0.15) is 11.4 Å². The number of carbonyl (C=O) groups excluding carboxylic acids is 1. The first-order valence-electron chi connectivity index (χ1n) is 10.1. The van der Waals surface area contributed by atoms with E-state index in [1.807, 2.05) is 68.1 Å². The Labute approximate surface area is 167 Å². The predicted octanol–water partition coefficient (Wildman–Crippen LogP) is 5.99. The lowest BCUT2D eigenvalue weighted by Gasteiger charge is -2.36. The summed E-state index contributed by atoms with van der Waals surface area (Å²) in [5, 5.41) is 0. The molecule has 0 unspecified atom stereocenters. The molecule has 0 radical (unpaired) electrons. The Kier molecular flexibility index (Phi) is 6.07. The van der Waals surface area contributed by atoms with E-state index in [1.54, 1.807) is 6.07 Å². The zero-order valence-electron chi connectivity index (χ0n) is 17.2. The smallest absolute Gasteiger partial charge is 0.410 e. The topological polar surface area (TPSA) is 29.5 Å². The third kappa shape index (κ3) is 4.54. The van der Waals surface area contributed by atoms with Gasteiger partial charge < -0.3 is 9.64 Å². The first kappa shape index (κ1) is 20.4. The van der Waals surface area contributed by atoms with Crippen LogP contribution >= 0.6 is 0 Å². The van der Waals surface area contributed by atoms with Crippen LogP contribution in [-0.4, -0.2) is 29.2 Å². The van der Waals surface area contributed by atoms with Crippen LogP contribution in [0.5, 0.6) is 0 Å². The Morgan fingerprint density at radius 2 is 1.75 bits per heavy atom. The molecule has 0 aliphatic carbocycles. The minimum atomic E-state index is -0.530. The van der Waals surface area contributed by atoms with E-state index in [0.29, 0.717) is 12.1 Å². The van der Waals surface area contributed by atoms with Crippen LogP contribution in [0.15, 0.2) is 54.6 Å². The van der Waals surface area contributed by atoms with Gasteiger partial charge in [0.15, 0.2) is 0 Å². The lowest BCUT2D eigenvalue weighted by atomic mass is 9.77. The van der Waals surface area contributed by atoms with Crippen molar-refractivity contribution in [1.29, 1.82) is 0 Å². The molecule has 1 heterocycles. The van der Waals surface area contributed by atoms with E-state index in [2.05, 4.69) is 6.92 Å². The summed E-state index contributed by atoms with van der Waals surface area (Å²) in [6.07, 6.45) is 1.56. The molecule has 4 heteroatoms. The molecule has 1 aliphatic rings. The van der Waals surface area contributed by atoms with E-state index in [9.17, 15) is 9.18 Å². The van der Waals surface area contributed by atoms with Gasteiger partial charge in [-0.25, -0.2) is 9.18 Å². The summed E-state index contributed by atoms with van der Waals surface area (Å²) >= 11 is 0. The highest BCUT2D eigenvalue weighted by molar-refractivity contribution is 5.69. The molecular weight excluding hydrogens is 353 g/mol. The number of hydrogen-bond donors (Lipinski definition) is 0. The van der Waals surface area contributed by atoms with Crippen molar-refractivity contribution in [3.63, 3.8) is 0 Å². The molecule has 1 aliphatic heterocycles. The summed E-state index contributed by atoms with van der Waals surface area (Å²) in [5.41, 5.74) is 1.21. The van der Waals surface area contributed by atoms with Gasteiger partial charge in [-0.1, -0.05) is 55.5 Å². The molecule has 0 bridgehead atoms. The quantitative estimate of drug-likeness (QED) is 0.649. The average molecular weight is 384 g/mol. The van der Waals surface area contributed by atoms with Crippen molar-refractivity contribution in [3.05, 3.63) is 71.5 Å². The number of nitrogens with zero attached hydrogens (tertiary/aromatic N) is 1. The lowest BCUT2D eigenvalue weighted by molar-refractivity contribution is 0.0176. The first-order chi connectivity index (χ1) is 13.3. The van der Waals surface area contributed by atoms with Crippen LogP contribution in [0, 0.1) is 11.7 Å². The molecule has 3 nitrogen and oxygen atoms in total. The van der Waals surface area contributed by atoms with Gasteiger partial charge in [0.25, 0.3) is 0 Å². The van der Waals surface area contributed by atoms with Crippen LogP contribution in [0.2, 0.25) is 0 Å². The van der Waals surface area contributed by atoms with Crippen molar-refractivity contribution in [2.75, 3.05) is 6.54 Å². The molecule has 1 fully saturated rings. The number of amides is 1. The van der Waals surface area contributed by atoms with Crippen molar-refractivity contribution in [2.45, 2.75) is 58.1 Å². The van der Waals surface area contributed by atoms with Gasteiger partial charge in [0.05, 0.1) is 0 Å². The second-order valence-electron chi connectivity index (χ2n) is 8.65. The van der Waals surface area contributed by atoms with Crippen LogP contribution in [0.3, 0.4) is 0 Å². The minimum absolute atomic E-state index is 0.0136. The maximum absolute atomic E-state index is 14.7. The molecule has 1 amide bonds. The van der Waals surface area contributed by atoms with Crippen molar-refractivity contribution in [1.82, 2.24) is 4.90 Å². The van der Waals surface area contributed by atoms with E-state index in [4.69, 9.17) is 4.74 Å². The number of rotatable bonds is 4. The molecule has 2 aromatic carbocycles. The van der Waals surface area contributed by atoms with E-state index in [-0.39, 0.29) is 29.8 Å². The van der Waals surface area contributed by atoms with Crippen LogP contribution in [0.25, 0.3) is 0 Å². The van der Waals surface area contributed by atoms with E-state index in [1.165, 1.54) is 6.07 Å². The summed E-state index contributed by atoms with van der Waals surface area (Å²) in [6.45, 7) is 8.45. The van der Waals surface area contributed by atoms with Gasteiger partial charge in [-0.05, 0) is 56.7 Å². The summed E-state index contributed by atoms with van der Waals surface area (Å²) in [6, 6.07) is 17.0. The molecular formula is C24H30FNO2. The Balaban J connectivity index is 1.94. The van der Waals surface area contributed by atoms with Gasteiger partial charge >= 0.3 is 6.09 Å². The Morgan fingerprint density at radius 1 is 1.11 bits per heavy atom. The second kappa shape index (κ2) is 8.34. The van der Waals surface area contributed by atoms with Gasteiger partial charge in [-0.15, -0.1) is 0 Å². The summed E-state index contributed by atoms with van der Waals surface area (Å²) in [4.78, 5) is 14.6. The summed E-state index contributed by atoms with van der Waals surface area (Å²) in [7, 11) is 0. The van der Waals surface area contributed by atoms with Crippen LogP contribution in [-0.2, 0) is 4.74 Å². The normalized spacial score (nSPS) is 19.3. The van der Waals surface area contributed by atoms with Crippen molar-refractivity contribution in [3.8, 4) is 0 Å². The highest BCUT2D eigenvalue weighted by Crippen LogP contribution is 2.39. The lowest BCUT2D eigenvalue weighted by Crippen LogP contribution is -2.44. The number of hydrogen-bond acceptors (Lipinski definition) is 2. The minimum Gasteiger partial charge on any atom is -0.444 e. The summed E-state index contributed by atoms with van der Waals surface area (Å²) in [5.74, 6) is -0.283. The predicted molar refractivity (Wildman–Crippen MR) is 110 cm³/mol. The second-order valence-corrected chi connectivity index (χ2v) is 8.65. The summed E-state index contributed by atoms with van der Waals surface area (Å²) < 4.78 is 20.4. The maximum atomic E-state index is 14.7. The monoisotopic (exact) mass is 383 g/mol.